The van der Waals surface area contributed by atoms with E-state index in [0.29, 0.717) is 35.8 Å². The number of aliphatic imine (C=N–C) groups is 1. The molecule has 2 fully saturated rings. The summed E-state index contributed by atoms with van der Waals surface area (Å²) in [5.41, 5.74) is 3.74. The molecule has 0 aromatic heterocycles. The van der Waals surface area contributed by atoms with Gasteiger partial charge in [0, 0.05) is 35.2 Å². The first-order chi connectivity index (χ1) is 18.7. The third-order valence-electron chi connectivity index (χ3n) is 8.24. The Bertz CT molecular complexity index is 1490. The summed E-state index contributed by atoms with van der Waals surface area (Å²) in [6.45, 7) is 7.01. The zero-order valence-corrected chi connectivity index (χ0v) is 22.9. The van der Waals surface area contributed by atoms with Gasteiger partial charge in [0.05, 0.1) is 11.7 Å². The smallest absolute Gasteiger partial charge is 0.332 e. The highest BCUT2D eigenvalue weighted by molar-refractivity contribution is 6.31. The zero-order chi connectivity index (χ0) is 27.4. The van der Waals surface area contributed by atoms with Crippen molar-refractivity contribution in [2.24, 2.45) is 22.7 Å². The van der Waals surface area contributed by atoms with Gasteiger partial charge < -0.3 is 9.64 Å². The lowest BCUT2D eigenvalue weighted by molar-refractivity contribution is -0.315. The first-order valence-electron chi connectivity index (χ1n) is 13.4. The molecule has 4 unspecified atom stereocenters. The number of rotatable bonds is 4. The molecule has 2 aromatic carbocycles. The Labute approximate surface area is 232 Å². The lowest BCUT2D eigenvalue weighted by Crippen LogP contribution is -2.45. The Morgan fingerprint density at radius 1 is 1.18 bits per heavy atom. The average molecular weight is 547 g/mol. The molecule has 2 saturated heterocycles. The van der Waals surface area contributed by atoms with Gasteiger partial charge in [-0.15, -0.1) is 0 Å². The lowest BCUT2D eigenvalue weighted by atomic mass is 9.78. The predicted octanol–water partition coefficient (Wildman–Crippen LogP) is 5.32. The van der Waals surface area contributed by atoms with E-state index < -0.39 is 6.10 Å². The average Bonchev–Trinajstić information content (AvgIpc) is 3.46. The van der Waals surface area contributed by atoms with Crippen LogP contribution in [0.15, 0.2) is 77.1 Å². The highest BCUT2D eigenvalue weighted by Gasteiger charge is 2.48. The molecule has 0 aliphatic carbocycles. The van der Waals surface area contributed by atoms with Crippen molar-refractivity contribution < 1.29 is 23.3 Å². The molecule has 8 heteroatoms. The van der Waals surface area contributed by atoms with E-state index in [1.165, 1.54) is 12.1 Å². The van der Waals surface area contributed by atoms with Crippen LogP contribution in [0.2, 0.25) is 5.02 Å². The van der Waals surface area contributed by atoms with E-state index in [1.807, 2.05) is 29.7 Å². The fraction of sp³-hybridized carbons (Fsp3) is 0.355. The van der Waals surface area contributed by atoms with Crippen molar-refractivity contribution in [2.45, 2.75) is 39.4 Å². The lowest BCUT2D eigenvalue weighted by Gasteiger charge is -2.38. The number of allylic oxidation sites excluding steroid dienone is 1. The van der Waals surface area contributed by atoms with Crippen LogP contribution in [0.3, 0.4) is 0 Å². The molecule has 1 amide bonds. The number of amides is 1. The topological polar surface area (TPSA) is 62.0 Å². The van der Waals surface area contributed by atoms with E-state index in [9.17, 15) is 14.0 Å². The first-order valence-corrected chi connectivity index (χ1v) is 13.8. The minimum Gasteiger partial charge on any atom is -0.360 e. The van der Waals surface area contributed by atoms with Crippen molar-refractivity contribution in [3.8, 4) is 0 Å². The number of ketones is 1. The molecule has 0 N–H and O–H groups in total. The van der Waals surface area contributed by atoms with Gasteiger partial charge in [0.25, 0.3) is 5.70 Å². The quantitative estimate of drug-likeness (QED) is 0.487. The van der Waals surface area contributed by atoms with Gasteiger partial charge in [-0.25, -0.2) is 4.39 Å². The summed E-state index contributed by atoms with van der Waals surface area (Å²) in [6.07, 6.45) is 3.34. The molecule has 6 nitrogen and oxygen atoms in total. The molecule has 2 bridgehead atoms. The number of halogens is 2. The number of carbonyl (C=O) groups excluding carboxylic acids is 2. The number of fused-ring (bicyclic) bond motifs is 3. The van der Waals surface area contributed by atoms with Crippen LogP contribution in [0.25, 0.3) is 0 Å². The standard InChI is InChI=1S/C31H30ClFN3O3/c1-17(2)23-14-26(19-8-10-20(33)11-9-19)36-15-25(34-30(23)36)31(38)35-13-12-21-18(3)27(16-35)39-29(28(21)37)22-6-4-5-7-24(22)32/h4-11,14-15,17-18,21,27,29H,12-13,16H2,1-3H3/q+1. The van der Waals surface area contributed by atoms with Crippen molar-refractivity contribution in [1.82, 2.24) is 4.90 Å². The number of ether oxygens (including phenoxy) is 1. The molecule has 200 valence electrons. The Hall–Kier alpha value is -3.42. The van der Waals surface area contributed by atoms with Crippen LogP contribution in [0.5, 0.6) is 0 Å². The van der Waals surface area contributed by atoms with E-state index in [1.54, 1.807) is 29.3 Å². The molecule has 2 aromatic rings. The molecule has 4 aliphatic heterocycles. The molecule has 4 atom stereocenters. The van der Waals surface area contributed by atoms with Crippen molar-refractivity contribution in [3.63, 3.8) is 0 Å². The van der Waals surface area contributed by atoms with Crippen molar-refractivity contribution in [3.05, 3.63) is 94.0 Å². The minimum absolute atomic E-state index is 0.0186. The molecule has 0 spiro atoms. The number of benzene rings is 2. The second kappa shape index (κ2) is 9.96. The van der Waals surface area contributed by atoms with Gasteiger partial charge in [0.2, 0.25) is 0 Å². The van der Waals surface area contributed by atoms with Crippen LogP contribution in [0.1, 0.15) is 44.4 Å². The van der Waals surface area contributed by atoms with Gasteiger partial charge in [0.15, 0.2) is 12.0 Å². The van der Waals surface area contributed by atoms with Gasteiger partial charge in [-0.2, -0.15) is 4.58 Å². The van der Waals surface area contributed by atoms with Crippen LogP contribution >= 0.6 is 11.6 Å². The Morgan fingerprint density at radius 2 is 1.92 bits per heavy atom. The van der Waals surface area contributed by atoms with Crippen LogP contribution < -0.4 is 0 Å². The van der Waals surface area contributed by atoms with Crippen LogP contribution in [-0.2, 0) is 14.3 Å². The summed E-state index contributed by atoms with van der Waals surface area (Å²) in [4.78, 5) is 33.8. The summed E-state index contributed by atoms with van der Waals surface area (Å²) in [7, 11) is 0. The molecular formula is C31H30ClFN3O3+. The summed E-state index contributed by atoms with van der Waals surface area (Å²) in [5, 5.41) is 0.504. The van der Waals surface area contributed by atoms with Gasteiger partial charge >= 0.3 is 11.7 Å². The van der Waals surface area contributed by atoms with E-state index in [2.05, 4.69) is 19.9 Å². The van der Waals surface area contributed by atoms with Gasteiger partial charge in [-0.05, 0) is 59.7 Å². The molecule has 4 heterocycles. The second-order valence-corrected chi connectivity index (χ2v) is 11.4. The van der Waals surface area contributed by atoms with Crippen LogP contribution in [0.4, 0.5) is 4.39 Å². The summed E-state index contributed by atoms with van der Waals surface area (Å²) < 4.78 is 21.8. The highest BCUT2D eigenvalue weighted by atomic mass is 35.5. The maximum absolute atomic E-state index is 13.8. The van der Waals surface area contributed by atoms with Gasteiger partial charge in [-0.1, -0.05) is 50.6 Å². The van der Waals surface area contributed by atoms with E-state index in [0.717, 1.165) is 22.7 Å². The Balaban J connectivity index is 1.29. The highest BCUT2D eigenvalue weighted by Crippen LogP contribution is 2.41. The third kappa shape index (κ3) is 4.47. The monoisotopic (exact) mass is 546 g/mol. The zero-order valence-electron chi connectivity index (χ0n) is 22.1. The predicted molar refractivity (Wildman–Crippen MR) is 147 cm³/mol. The fourth-order valence-electron chi connectivity index (χ4n) is 5.98. The number of likely N-dealkylation sites (tertiary alicyclic amines) is 1. The van der Waals surface area contributed by atoms with Crippen molar-refractivity contribution >= 4 is 34.8 Å². The molecular weight excluding hydrogens is 517 g/mol. The number of carbonyl (C=O) groups is 2. The normalized spacial score (nSPS) is 26.4. The van der Waals surface area contributed by atoms with Gasteiger partial charge in [0.1, 0.15) is 17.6 Å². The summed E-state index contributed by atoms with van der Waals surface area (Å²) >= 11 is 6.42. The Morgan fingerprint density at radius 3 is 2.64 bits per heavy atom. The number of hydrogen-bond donors (Lipinski definition) is 0. The van der Waals surface area contributed by atoms with Gasteiger partial charge in [-0.3, -0.25) is 9.59 Å². The van der Waals surface area contributed by atoms with Crippen LogP contribution in [-0.4, -0.2) is 51.9 Å². The van der Waals surface area contributed by atoms with Crippen molar-refractivity contribution in [1.29, 1.82) is 0 Å². The number of hydrogen-bond acceptors (Lipinski definition) is 4. The third-order valence-corrected chi connectivity index (χ3v) is 8.58. The van der Waals surface area contributed by atoms with Crippen LogP contribution in [0, 0.1) is 23.6 Å². The molecule has 39 heavy (non-hydrogen) atoms. The number of nitrogens with zero attached hydrogens (tertiary/aromatic N) is 3. The maximum atomic E-state index is 13.8. The van der Waals surface area contributed by atoms with Crippen molar-refractivity contribution in [2.75, 3.05) is 13.1 Å². The summed E-state index contributed by atoms with van der Waals surface area (Å²) in [5.74, 6) is 0.200. The first kappa shape index (κ1) is 25.8. The molecule has 0 saturated carbocycles. The molecule has 0 radical (unpaired) electrons. The van der Waals surface area contributed by atoms with E-state index >= 15 is 0 Å². The second-order valence-electron chi connectivity index (χ2n) is 11.0. The maximum Gasteiger partial charge on any atom is 0.332 e. The van der Waals surface area contributed by atoms with E-state index in [-0.39, 0.29) is 41.4 Å². The molecule has 6 rings (SSSR count). The SMILES string of the molecule is CC(C)C1=CC(c2ccc(F)cc2)=[N+]2C=C(C(=O)N3CCC4C(=O)C(c5ccccc5Cl)OC(C3)C4C)N=C12. The summed E-state index contributed by atoms with van der Waals surface area (Å²) in [6, 6.07) is 13.6. The largest absolute Gasteiger partial charge is 0.360 e. The number of amidine groups is 1. The van der Waals surface area contributed by atoms with E-state index in [4.69, 9.17) is 21.3 Å². The number of Topliss-reactive ketones (excluding diaryl/α,β-unsaturated/α-hetero) is 1. The minimum atomic E-state index is -0.733. The molecule has 4 aliphatic rings. The Kier molecular flexibility index (Phi) is 6.60. The fourth-order valence-corrected chi connectivity index (χ4v) is 6.21.